The molecule has 0 aliphatic heterocycles. The first-order chi connectivity index (χ1) is 11.5. The highest BCUT2D eigenvalue weighted by atomic mass is 19.1. The number of nitrogens with zero attached hydrogens (tertiary/aromatic N) is 2. The molecule has 0 atom stereocenters. The second-order valence-corrected chi connectivity index (χ2v) is 5.20. The van der Waals surface area contributed by atoms with Crippen molar-refractivity contribution in [2.75, 3.05) is 7.11 Å². The van der Waals surface area contributed by atoms with E-state index in [1.807, 2.05) is 0 Å². The normalized spacial score (nSPS) is 10.7. The predicted molar refractivity (Wildman–Crippen MR) is 85.0 cm³/mol. The van der Waals surface area contributed by atoms with E-state index >= 15 is 0 Å². The molecule has 0 spiro atoms. The Morgan fingerprint density at radius 1 is 1.00 bits per heavy atom. The molecular weight excluding hydrogens is 314 g/mol. The molecule has 2 aromatic carbocycles. The minimum Gasteiger partial charge on any atom is -0.465 e. The van der Waals surface area contributed by atoms with Crippen molar-refractivity contribution in [2.24, 2.45) is 0 Å². The molecule has 0 saturated heterocycles. The lowest BCUT2D eigenvalue weighted by Gasteiger charge is -2.04. The van der Waals surface area contributed by atoms with Gasteiger partial charge < -0.3 is 4.74 Å². The van der Waals surface area contributed by atoms with Crippen LogP contribution >= 0.6 is 0 Å². The van der Waals surface area contributed by atoms with Crippen LogP contribution in [0.3, 0.4) is 0 Å². The molecule has 0 aliphatic carbocycles. The van der Waals surface area contributed by atoms with E-state index in [2.05, 4.69) is 5.10 Å². The first-order valence-corrected chi connectivity index (χ1v) is 7.21. The van der Waals surface area contributed by atoms with E-state index < -0.39 is 5.97 Å². The van der Waals surface area contributed by atoms with Crippen molar-refractivity contribution in [1.82, 2.24) is 9.78 Å². The molecule has 0 fully saturated rings. The van der Waals surface area contributed by atoms with E-state index in [9.17, 15) is 13.6 Å². The average molecular weight is 328 g/mol. The summed E-state index contributed by atoms with van der Waals surface area (Å²) in [5.74, 6) is -1.29. The van der Waals surface area contributed by atoms with Gasteiger partial charge in [-0.2, -0.15) is 5.10 Å². The van der Waals surface area contributed by atoms with Gasteiger partial charge >= 0.3 is 5.97 Å². The fourth-order valence-electron chi connectivity index (χ4n) is 2.49. The van der Waals surface area contributed by atoms with Gasteiger partial charge in [0.05, 0.1) is 18.5 Å². The highest BCUT2D eigenvalue weighted by Gasteiger charge is 2.23. The zero-order valence-corrected chi connectivity index (χ0v) is 13.1. The third kappa shape index (κ3) is 2.78. The summed E-state index contributed by atoms with van der Waals surface area (Å²) in [7, 11) is 1.28. The van der Waals surface area contributed by atoms with Crippen LogP contribution in [-0.4, -0.2) is 22.9 Å². The molecule has 1 heterocycles. The molecule has 0 bridgehead atoms. The number of methoxy groups -OCH3 is 1. The van der Waals surface area contributed by atoms with Crippen LogP contribution in [0, 0.1) is 18.6 Å². The zero-order chi connectivity index (χ0) is 17.3. The molecular formula is C18H14F2N2O2. The van der Waals surface area contributed by atoms with Crippen LogP contribution in [0.2, 0.25) is 0 Å². The Balaban J connectivity index is 2.20. The first-order valence-electron chi connectivity index (χ1n) is 7.21. The van der Waals surface area contributed by atoms with Crippen LogP contribution in [0.5, 0.6) is 0 Å². The minimum atomic E-state index is -0.541. The van der Waals surface area contributed by atoms with Gasteiger partial charge in [-0.25, -0.2) is 18.3 Å². The maximum Gasteiger partial charge on any atom is 0.342 e. The zero-order valence-electron chi connectivity index (χ0n) is 13.1. The van der Waals surface area contributed by atoms with Gasteiger partial charge in [-0.1, -0.05) is 0 Å². The lowest BCUT2D eigenvalue weighted by Crippen LogP contribution is -2.05. The van der Waals surface area contributed by atoms with Crippen LogP contribution in [-0.2, 0) is 4.74 Å². The summed E-state index contributed by atoms with van der Waals surface area (Å²) in [4.78, 5) is 12.2. The number of benzene rings is 2. The fourth-order valence-corrected chi connectivity index (χ4v) is 2.49. The highest BCUT2D eigenvalue weighted by Crippen LogP contribution is 2.28. The summed E-state index contributed by atoms with van der Waals surface area (Å²) in [6.07, 6.45) is 0. The van der Waals surface area contributed by atoms with Gasteiger partial charge in [-0.05, 0) is 55.5 Å². The van der Waals surface area contributed by atoms with E-state index in [1.165, 1.54) is 36.1 Å². The van der Waals surface area contributed by atoms with Crippen molar-refractivity contribution in [3.63, 3.8) is 0 Å². The highest BCUT2D eigenvalue weighted by molar-refractivity contribution is 5.97. The SMILES string of the molecule is COC(=O)c1c(-c2ccc(F)cc2)nn(-c2ccc(F)cc2)c1C. The van der Waals surface area contributed by atoms with Crippen LogP contribution in [0.15, 0.2) is 48.5 Å². The summed E-state index contributed by atoms with van der Waals surface area (Å²) >= 11 is 0. The third-order valence-corrected chi connectivity index (χ3v) is 3.69. The number of hydrogen-bond donors (Lipinski definition) is 0. The number of carbonyl (C=O) groups is 1. The van der Waals surface area contributed by atoms with Crippen molar-refractivity contribution < 1.29 is 18.3 Å². The Morgan fingerprint density at radius 3 is 2.08 bits per heavy atom. The lowest BCUT2D eigenvalue weighted by molar-refractivity contribution is 0.0600. The largest absolute Gasteiger partial charge is 0.465 e. The van der Waals surface area contributed by atoms with Gasteiger partial charge in [0.15, 0.2) is 0 Å². The molecule has 3 rings (SSSR count). The number of carbonyl (C=O) groups excluding carboxylic acids is 1. The van der Waals surface area contributed by atoms with Crippen molar-refractivity contribution >= 4 is 5.97 Å². The molecule has 0 unspecified atom stereocenters. The average Bonchev–Trinajstić information content (AvgIpc) is 2.93. The summed E-state index contributed by atoms with van der Waals surface area (Å²) in [5, 5.41) is 4.45. The number of esters is 1. The van der Waals surface area contributed by atoms with E-state index in [0.29, 0.717) is 22.6 Å². The molecule has 1 aromatic heterocycles. The number of halogens is 2. The second kappa shape index (κ2) is 6.23. The maximum absolute atomic E-state index is 13.2. The molecule has 0 amide bonds. The number of hydrogen-bond acceptors (Lipinski definition) is 3. The molecule has 0 radical (unpaired) electrons. The lowest BCUT2D eigenvalue weighted by atomic mass is 10.1. The third-order valence-electron chi connectivity index (χ3n) is 3.69. The van der Waals surface area contributed by atoms with Gasteiger partial charge in [0, 0.05) is 5.56 Å². The quantitative estimate of drug-likeness (QED) is 0.685. The Hall–Kier alpha value is -3.02. The van der Waals surface area contributed by atoms with E-state index in [1.54, 1.807) is 31.2 Å². The summed E-state index contributed by atoms with van der Waals surface area (Å²) < 4.78 is 32.7. The summed E-state index contributed by atoms with van der Waals surface area (Å²) in [6, 6.07) is 11.4. The minimum absolute atomic E-state index is 0.286. The Bertz CT molecular complexity index is 885. The maximum atomic E-state index is 13.2. The summed E-state index contributed by atoms with van der Waals surface area (Å²) in [6.45, 7) is 1.72. The number of ether oxygens (including phenoxy) is 1. The van der Waals surface area contributed by atoms with Crippen molar-refractivity contribution in [2.45, 2.75) is 6.92 Å². The molecule has 24 heavy (non-hydrogen) atoms. The van der Waals surface area contributed by atoms with E-state index in [0.717, 1.165) is 0 Å². The van der Waals surface area contributed by atoms with Crippen LogP contribution < -0.4 is 0 Å². The number of aromatic nitrogens is 2. The first kappa shape index (κ1) is 15.9. The smallest absolute Gasteiger partial charge is 0.342 e. The molecule has 122 valence electrons. The fraction of sp³-hybridized carbons (Fsp3) is 0.111. The molecule has 0 aliphatic rings. The van der Waals surface area contributed by atoms with Gasteiger partial charge in [0.1, 0.15) is 22.9 Å². The van der Waals surface area contributed by atoms with Crippen LogP contribution in [0.25, 0.3) is 16.9 Å². The molecule has 4 nitrogen and oxygen atoms in total. The second-order valence-electron chi connectivity index (χ2n) is 5.20. The van der Waals surface area contributed by atoms with Crippen molar-refractivity contribution in [1.29, 1.82) is 0 Å². The Kier molecular flexibility index (Phi) is 4.12. The van der Waals surface area contributed by atoms with E-state index in [-0.39, 0.29) is 17.2 Å². The molecule has 3 aromatic rings. The van der Waals surface area contributed by atoms with Crippen molar-refractivity contribution in [3.05, 3.63) is 71.4 Å². The topological polar surface area (TPSA) is 44.1 Å². The van der Waals surface area contributed by atoms with Gasteiger partial charge in [-0.15, -0.1) is 0 Å². The summed E-state index contributed by atoms with van der Waals surface area (Å²) in [5.41, 5.74) is 2.40. The molecule has 6 heteroatoms. The monoisotopic (exact) mass is 328 g/mol. The van der Waals surface area contributed by atoms with Gasteiger partial charge in [0.2, 0.25) is 0 Å². The Morgan fingerprint density at radius 2 is 1.54 bits per heavy atom. The molecule has 0 saturated carbocycles. The number of rotatable bonds is 3. The van der Waals surface area contributed by atoms with Crippen LogP contribution in [0.1, 0.15) is 16.1 Å². The predicted octanol–water partition coefficient (Wildman–Crippen LogP) is 3.91. The Labute approximate surface area is 137 Å². The van der Waals surface area contributed by atoms with E-state index in [4.69, 9.17) is 4.74 Å². The van der Waals surface area contributed by atoms with Gasteiger partial charge in [0.25, 0.3) is 0 Å². The van der Waals surface area contributed by atoms with Gasteiger partial charge in [-0.3, -0.25) is 0 Å². The molecule has 0 N–H and O–H groups in total. The standard InChI is InChI=1S/C18H14F2N2O2/c1-11-16(18(23)24-2)17(12-3-5-13(19)6-4-12)21-22(11)15-9-7-14(20)8-10-15/h3-10H,1-2H3. The van der Waals surface area contributed by atoms with Crippen LogP contribution in [0.4, 0.5) is 8.78 Å². The van der Waals surface area contributed by atoms with Crippen molar-refractivity contribution in [3.8, 4) is 16.9 Å².